The van der Waals surface area contributed by atoms with E-state index in [0.717, 1.165) is 12.1 Å². The number of fused-ring (bicyclic) bond motifs is 1. The Kier molecular flexibility index (Phi) is 6.79. The lowest BCUT2D eigenvalue weighted by molar-refractivity contribution is 0.263. The van der Waals surface area contributed by atoms with Gasteiger partial charge >= 0.3 is 0 Å². The first kappa shape index (κ1) is 24.4. The lowest BCUT2D eigenvalue weighted by Crippen LogP contribution is -2.55. The Morgan fingerprint density at radius 2 is 1.88 bits per heavy atom. The highest BCUT2D eigenvalue weighted by Crippen LogP contribution is 2.32. The summed E-state index contributed by atoms with van der Waals surface area (Å²) in [5.74, 6) is 0.706. The number of aryl methyl sites for hydroxylation is 2. The fourth-order valence-corrected chi connectivity index (χ4v) is 6.18. The molecular weight excluding hydrogens is 456 g/mol. The molecule has 1 saturated heterocycles. The summed E-state index contributed by atoms with van der Waals surface area (Å²) in [6, 6.07) is 4.80. The van der Waals surface area contributed by atoms with Crippen molar-refractivity contribution in [2.45, 2.75) is 57.5 Å². The van der Waals surface area contributed by atoms with Crippen molar-refractivity contribution in [3.05, 3.63) is 34.2 Å². The standard InChI is InChI=1S/C23H32N6O4S/c1-6-8-18-20-21(28(5)27-18)23(30)26-22(25-20)17-11-16(9-10-19(17)33-7-2)34(31,32)29-12-14(3)24-15(4)13-29/h9-11,14-15,24H,6-8,12-13H2,1-5H3,(H,25,26,30)/t14-,15-/m0/s1. The third-order valence-electron chi connectivity index (χ3n) is 5.92. The minimum Gasteiger partial charge on any atom is -0.493 e. The van der Waals surface area contributed by atoms with Crippen molar-refractivity contribution in [2.24, 2.45) is 7.05 Å². The molecule has 0 unspecified atom stereocenters. The molecule has 184 valence electrons. The topological polar surface area (TPSA) is 122 Å². The van der Waals surface area contributed by atoms with E-state index in [9.17, 15) is 13.2 Å². The highest BCUT2D eigenvalue weighted by Gasteiger charge is 2.32. The van der Waals surface area contributed by atoms with Crippen LogP contribution in [0.3, 0.4) is 0 Å². The molecule has 0 spiro atoms. The Bertz CT molecular complexity index is 1350. The van der Waals surface area contributed by atoms with Crippen LogP contribution in [0.4, 0.5) is 0 Å². The van der Waals surface area contributed by atoms with Crippen molar-refractivity contribution in [1.29, 1.82) is 0 Å². The number of nitrogens with zero attached hydrogens (tertiary/aromatic N) is 4. The minimum atomic E-state index is -3.75. The maximum absolute atomic E-state index is 13.5. The number of piperazine rings is 1. The van der Waals surface area contributed by atoms with Gasteiger partial charge in [-0.25, -0.2) is 13.4 Å². The first-order valence-electron chi connectivity index (χ1n) is 11.6. The van der Waals surface area contributed by atoms with Gasteiger partial charge in [-0.3, -0.25) is 9.48 Å². The van der Waals surface area contributed by atoms with Gasteiger partial charge in [-0.05, 0) is 45.4 Å². The zero-order valence-electron chi connectivity index (χ0n) is 20.3. The van der Waals surface area contributed by atoms with Gasteiger partial charge in [0.15, 0.2) is 5.52 Å². The molecule has 0 aliphatic carbocycles. The predicted molar refractivity (Wildman–Crippen MR) is 131 cm³/mol. The molecule has 1 fully saturated rings. The monoisotopic (exact) mass is 488 g/mol. The number of rotatable bonds is 7. The Morgan fingerprint density at radius 1 is 1.18 bits per heavy atom. The zero-order valence-corrected chi connectivity index (χ0v) is 21.1. The summed E-state index contributed by atoms with van der Waals surface area (Å²) in [6.07, 6.45) is 1.54. The van der Waals surface area contributed by atoms with Gasteiger partial charge in [-0.1, -0.05) is 13.3 Å². The maximum atomic E-state index is 13.5. The van der Waals surface area contributed by atoms with Gasteiger partial charge in [0, 0.05) is 32.2 Å². The van der Waals surface area contributed by atoms with E-state index in [0.29, 0.717) is 48.5 Å². The summed E-state index contributed by atoms with van der Waals surface area (Å²) in [6.45, 7) is 8.96. The Balaban J connectivity index is 1.86. The second-order valence-corrected chi connectivity index (χ2v) is 10.8. The Hall–Kier alpha value is -2.76. The average molecular weight is 489 g/mol. The number of benzene rings is 1. The van der Waals surface area contributed by atoms with E-state index >= 15 is 0 Å². The molecule has 0 amide bonds. The summed E-state index contributed by atoms with van der Waals surface area (Å²) < 4.78 is 35.8. The van der Waals surface area contributed by atoms with E-state index in [1.165, 1.54) is 15.1 Å². The van der Waals surface area contributed by atoms with Crippen LogP contribution in [0.5, 0.6) is 5.75 Å². The van der Waals surface area contributed by atoms with Crippen molar-refractivity contribution in [3.8, 4) is 17.1 Å². The summed E-state index contributed by atoms with van der Waals surface area (Å²) >= 11 is 0. The molecule has 2 atom stereocenters. The quantitative estimate of drug-likeness (QED) is 0.522. The van der Waals surface area contributed by atoms with Crippen LogP contribution in [0, 0.1) is 0 Å². The number of sulfonamides is 1. The molecule has 1 aliphatic rings. The number of hydrogen-bond donors (Lipinski definition) is 2. The highest BCUT2D eigenvalue weighted by atomic mass is 32.2. The van der Waals surface area contributed by atoms with Crippen LogP contribution in [0.15, 0.2) is 27.9 Å². The highest BCUT2D eigenvalue weighted by molar-refractivity contribution is 7.89. The van der Waals surface area contributed by atoms with Crippen molar-refractivity contribution < 1.29 is 13.2 Å². The molecule has 3 heterocycles. The maximum Gasteiger partial charge on any atom is 0.277 e. The molecule has 2 aromatic heterocycles. The fraction of sp³-hybridized carbons (Fsp3) is 0.522. The van der Waals surface area contributed by atoms with Crippen LogP contribution >= 0.6 is 0 Å². The molecule has 0 bridgehead atoms. The predicted octanol–water partition coefficient (Wildman–Crippen LogP) is 2.05. The molecule has 10 nitrogen and oxygen atoms in total. The smallest absolute Gasteiger partial charge is 0.277 e. The number of aromatic amines is 1. The SMILES string of the molecule is CCCc1nn(C)c2c(=O)[nH]c(-c3cc(S(=O)(=O)N4C[C@H](C)N[C@@H](C)C4)ccc3OCC)nc12. The lowest BCUT2D eigenvalue weighted by atomic mass is 10.1. The molecular formula is C23H32N6O4S. The summed E-state index contributed by atoms with van der Waals surface area (Å²) in [5.41, 5.74) is 1.72. The molecule has 3 aromatic rings. The molecule has 1 aromatic carbocycles. The summed E-state index contributed by atoms with van der Waals surface area (Å²) in [4.78, 5) is 20.6. The first-order valence-corrected chi connectivity index (χ1v) is 13.1. The average Bonchev–Trinajstić information content (AvgIpc) is 3.09. The Morgan fingerprint density at radius 3 is 2.53 bits per heavy atom. The first-order chi connectivity index (χ1) is 16.1. The summed E-state index contributed by atoms with van der Waals surface area (Å²) in [5, 5.41) is 7.81. The van der Waals surface area contributed by atoms with Crippen LogP contribution in [0.25, 0.3) is 22.4 Å². The van der Waals surface area contributed by atoms with Gasteiger partial charge in [0.05, 0.1) is 22.8 Å². The number of nitrogens with one attached hydrogen (secondary N) is 2. The molecule has 2 N–H and O–H groups in total. The molecule has 11 heteroatoms. The fourth-order valence-electron chi connectivity index (χ4n) is 4.54. The normalized spacial score (nSPS) is 19.6. The van der Waals surface area contributed by atoms with Crippen LogP contribution in [-0.2, 0) is 23.5 Å². The largest absolute Gasteiger partial charge is 0.493 e. The van der Waals surface area contributed by atoms with E-state index in [1.54, 1.807) is 19.2 Å². The second-order valence-electron chi connectivity index (χ2n) is 8.81. The third-order valence-corrected chi connectivity index (χ3v) is 7.74. The molecule has 1 aliphatic heterocycles. The van der Waals surface area contributed by atoms with E-state index in [4.69, 9.17) is 9.72 Å². The lowest BCUT2D eigenvalue weighted by Gasteiger charge is -2.35. The van der Waals surface area contributed by atoms with Gasteiger partial charge in [0.1, 0.15) is 17.1 Å². The van der Waals surface area contributed by atoms with Gasteiger partial charge in [-0.15, -0.1) is 0 Å². The minimum absolute atomic E-state index is 0.0451. The van der Waals surface area contributed by atoms with E-state index in [2.05, 4.69) is 15.4 Å². The number of aromatic nitrogens is 4. The van der Waals surface area contributed by atoms with Crippen molar-refractivity contribution in [1.82, 2.24) is 29.4 Å². The van der Waals surface area contributed by atoms with Crippen LogP contribution < -0.4 is 15.6 Å². The van der Waals surface area contributed by atoms with Crippen LogP contribution in [0.1, 0.15) is 39.8 Å². The summed E-state index contributed by atoms with van der Waals surface area (Å²) in [7, 11) is -2.04. The number of hydrogen-bond acceptors (Lipinski definition) is 7. The van der Waals surface area contributed by atoms with Gasteiger partial charge < -0.3 is 15.0 Å². The number of ether oxygens (including phenoxy) is 1. The van der Waals surface area contributed by atoms with E-state index in [-0.39, 0.29) is 28.4 Å². The van der Waals surface area contributed by atoms with Gasteiger partial charge in [-0.2, -0.15) is 9.40 Å². The van der Waals surface area contributed by atoms with E-state index < -0.39 is 10.0 Å². The van der Waals surface area contributed by atoms with Crippen molar-refractivity contribution >= 4 is 21.1 Å². The van der Waals surface area contributed by atoms with Gasteiger partial charge in [0.2, 0.25) is 10.0 Å². The van der Waals surface area contributed by atoms with Crippen LogP contribution in [-0.4, -0.2) is 64.3 Å². The molecule has 4 rings (SSSR count). The van der Waals surface area contributed by atoms with Crippen LogP contribution in [0.2, 0.25) is 0 Å². The molecule has 0 radical (unpaired) electrons. The zero-order chi connectivity index (χ0) is 24.6. The van der Waals surface area contributed by atoms with Gasteiger partial charge in [0.25, 0.3) is 5.56 Å². The third kappa shape index (κ3) is 4.47. The second kappa shape index (κ2) is 9.47. The van der Waals surface area contributed by atoms with Crippen molar-refractivity contribution in [2.75, 3.05) is 19.7 Å². The molecule has 34 heavy (non-hydrogen) atoms. The van der Waals surface area contributed by atoms with Crippen molar-refractivity contribution in [3.63, 3.8) is 0 Å². The number of H-pyrrole nitrogens is 1. The van der Waals surface area contributed by atoms with E-state index in [1.807, 2.05) is 27.7 Å². The molecule has 0 saturated carbocycles. The Labute approximate surface area is 199 Å².